The summed E-state index contributed by atoms with van der Waals surface area (Å²) in [6.45, 7) is 10.7. The van der Waals surface area contributed by atoms with Gasteiger partial charge in [0.15, 0.2) is 5.96 Å². The van der Waals surface area contributed by atoms with Gasteiger partial charge < -0.3 is 20.9 Å². The maximum absolute atomic E-state index is 12.0. The van der Waals surface area contributed by atoms with Gasteiger partial charge in [-0.3, -0.25) is 14.6 Å². The molecule has 0 aliphatic rings. The maximum atomic E-state index is 12.0. The molecule has 0 saturated carbocycles. The molecule has 2 amide bonds. The topological polar surface area (TPSA) is 98.7 Å². The highest BCUT2D eigenvalue weighted by Gasteiger charge is 2.09. The van der Waals surface area contributed by atoms with Crippen LogP contribution in [-0.4, -0.2) is 60.4 Å². The smallest absolute Gasteiger partial charge is 0.227 e. The van der Waals surface area contributed by atoms with Crippen molar-refractivity contribution in [2.24, 2.45) is 4.99 Å². The lowest BCUT2D eigenvalue weighted by atomic mass is 10.3. The van der Waals surface area contributed by atoms with E-state index in [0.717, 1.165) is 5.69 Å². The first-order valence-electron chi connectivity index (χ1n) is 9.53. The number of nitrogens with one attached hydrogen (secondary N) is 3. The summed E-state index contributed by atoms with van der Waals surface area (Å²) in [5.41, 5.74) is 0.853. The number of hydrogen-bond donors (Lipinski definition) is 3. The number of aryl methyl sites for hydroxylation is 1. The fourth-order valence-corrected chi connectivity index (χ4v) is 2.45. The molecule has 1 rings (SSSR count). The lowest BCUT2D eigenvalue weighted by Crippen LogP contribution is -2.39. The Hall–Kier alpha value is -1.91. The monoisotopic (exact) mass is 504 g/mol. The number of anilines is 1. The zero-order chi connectivity index (χ0) is 20.1. The fraction of sp³-hybridized carbons (Fsp3) is 0.579. The van der Waals surface area contributed by atoms with Gasteiger partial charge in [-0.1, -0.05) is 6.07 Å². The van der Waals surface area contributed by atoms with E-state index in [9.17, 15) is 9.59 Å². The third kappa shape index (κ3) is 10.4. The van der Waals surface area contributed by atoms with Crippen LogP contribution in [0.15, 0.2) is 23.2 Å². The number of amides is 2. The molecule has 0 unspecified atom stereocenters. The van der Waals surface area contributed by atoms with Crippen molar-refractivity contribution in [2.45, 2.75) is 40.5 Å². The van der Waals surface area contributed by atoms with E-state index < -0.39 is 0 Å². The van der Waals surface area contributed by atoms with Crippen molar-refractivity contribution >= 4 is 47.6 Å². The molecule has 8 nitrogen and oxygen atoms in total. The predicted octanol–water partition coefficient (Wildman–Crippen LogP) is 2.15. The highest BCUT2D eigenvalue weighted by molar-refractivity contribution is 14.0. The highest BCUT2D eigenvalue weighted by Crippen LogP contribution is 2.03. The van der Waals surface area contributed by atoms with Crippen LogP contribution in [0.4, 0.5) is 5.82 Å². The number of guanidine groups is 1. The van der Waals surface area contributed by atoms with Gasteiger partial charge in [-0.05, 0) is 39.8 Å². The maximum Gasteiger partial charge on any atom is 0.227 e. The lowest BCUT2D eigenvalue weighted by Gasteiger charge is -2.18. The van der Waals surface area contributed by atoms with Crippen molar-refractivity contribution in [3.63, 3.8) is 0 Å². The van der Waals surface area contributed by atoms with Gasteiger partial charge in [0.05, 0.1) is 6.54 Å². The largest absolute Gasteiger partial charge is 0.357 e. The number of hydrogen-bond acceptors (Lipinski definition) is 4. The van der Waals surface area contributed by atoms with E-state index in [4.69, 9.17) is 0 Å². The molecule has 1 aromatic heterocycles. The molecular formula is C19H33IN6O2. The zero-order valence-electron chi connectivity index (χ0n) is 17.2. The number of aliphatic imine (C=N–C) groups is 1. The molecule has 0 aromatic carbocycles. The first kappa shape index (κ1) is 26.1. The molecular weight excluding hydrogens is 471 g/mol. The van der Waals surface area contributed by atoms with E-state index in [1.807, 2.05) is 39.8 Å². The van der Waals surface area contributed by atoms with Gasteiger partial charge in [0.1, 0.15) is 5.82 Å². The average Bonchev–Trinajstić information content (AvgIpc) is 2.62. The van der Waals surface area contributed by atoms with Crippen LogP contribution in [0.5, 0.6) is 0 Å². The molecule has 158 valence electrons. The summed E-state index contributed by atoms with van der Waals surface area (Å²) in [7, 11) is 0. The second kappa shape index (κ2) is 15.1. The number of rotatable bonds is 10. The van der Waals surface area contributed by atoms with E-state index in [0.29, 0.717) is 57.3 Å². The van der Waals surface area contributed by atoms with E-state index in [2.05, 4.69) is 25.9 Å². The lowest BCUT2D eigenvalue weighted by molar-refractivity contribution is -0.130. The normalized spacial score (nSPS) is 10.6. The minimum Gasteiger partial charge on any atom is -0.357 e. The molecule has 28 heavy (non-hydrogen) atoms. The Balaban J connectivity index is 0.00000729. The summed E-state index contributed by atoms with van der Waals surface area (Å²) < 4.78 is 0. The summed E-state index contributed by atoms with van der Waals surface area (Å²) in [5.74, 6) is 1.14. The SMILES string of the molecule is CCNC(=NCCC(=O)N(CC)CC)NCCC(=O)Nc1cccc(C)n1.I. The molecule has 0 atom stereocenters. The summed E-state index contributed by atoms with van der Waals surface area (Å²) >= 11 is 0. The summed E-state index contributed by atoms with van der Waals surface area (Å²) in [6, 6.07) is 5.49. The van der Waals surface area contributed by atoms with Crippen LogP contribution in [0.25, 0.3) is 0 Å². The Morgan fingerprint density at radius 3 is 2.43 bits per heavy atom. The summed E-state index contributed by atoms with van der Waals surface area (Å²) in [5, 5.41) is 9.00. The van der Waals surface area contributed by atoms with Crippen LogP contribution < -0.4 is 16.0 Å². The number of carbonyl (C=O) groups excluding carboxylic acids is 2. The summed E-state index contributed by atoms with van der Waals surface area (Å²) in [6.07, 6.45) is 0.663. The van der Waals surface area contributed by atoms with Crippen LogP contribution in [0, 0.1) is 6.92 Å². The van der Waals surface area contributed by atoms with E-state index in [-0.39, 0.29) is 35.8 Å². The molecule has 0 saturated heterocycles. The van der Waals surface area contributed by atoms with Crippen molar-refractivity contribution in [3.05, 3.63) is 23.9 Å². The second-order valence-electron chi connectivity index (χ2n) is 5.97. The number of carbonyl (C=O) groups is 2. The van der Waals surface area contributed by atoms with Crippen molar-refractivity contribution < 1.29 is 9.59 Å². The molecule has 3 N–H and O–H groups in total. The molecule has 0 bridgehead atoms. The first-order valence-corrected chi connectivity index (χ1v) is 9.53. The first-order chi connectivity index (χ1) is 13.0. The number of nitrogens with zero attached hydrogens (tertiary/aromatic N) is 3. The van der Waals surface area contributed by atoms with Gasteiger partial charge in [-0.25, -0.2) is 4.98 Å². The Morgan fingerprint density at radius 2 is 1.82 bits per heavy atom. The van der Waals surface area contributed by atoms with Crippen molar-refractivity contribution in [1.82, 2.24) is 20.5 Å². The molecule has 0 spiro atoms. The number of aromatic nitrogens is 1. The standard InChI is InChI=1S/C19H32N6O2.HI/c1-5-20-19(22-14-12-18(27)25(6-2)7-3)21-13-11-17(26)24-16-10-8-9-15(4)23-16;/h8-10H,5-7,11-14H2,1-4H3,(H2,20,21,22)(H,23,24,26);1H. The molecule has 9 heteroatoms. The van der Waals surface area contributed by atoms with Crippen LogP contribution in [0.1, 0.15) is 39.3 Å². The van der Waals surface area contributed by atoms with Crippen molar-refractivity contribution in [2.75, 3.05) is 38.0 Å². The molecule has 0 aliphatic carbocycles. The Bertz CT molecular complexity index is 635. The minimum atomic E-state index is -0.117. The fourth-order valence-electron chi connectivity index (χ4n) is 2.45. The van der Waals surface area contributed by atoms with Crippen molar-refractivity contribution in [3.8, 4) is 0 Å². The van der Waals surface area contributed by atoms with Crippen molar-refractivity contribution in [1.29, 1.82) is 0 Å². The molecule has 0 radical (unpaired) electrons. The average molecular weight is 504 g/mol. The van der Waals surface area contributed by atoms with Gasteiger partial charge in [0.25, 0.3) is 0 Å². The summed E-state index contributed by atoms with van der Waals surface area (Å²) in [4.78, 5) is 34.4. The van der Waals surface area contributed by atoms with Gasteiger partial charge in [-0.15, -0.1) is 24.0 Å². The van der Waals surface area contributed by atoms with E-state index in [1.165, 1.54) is 0 Å². The molecule has 0 aliphatic heterocycles. The van der Waals surface area contributed by atoms with E-state index in [1.54, 1.807) is 11.0 Å². The van der Waals surface area contributed by atoms with Gasteiger partial charge in [0, 0.05) is 44.7 Å². The third-order valence-electron chi connectivity index (χ3n) is 3.86. The quantitative estimate of drug-likeness (QED) is 0.258. The van der Waals surface area contributed by atoms with Gasteiger partial charge in [0.2, 0.25) is 11.8 Å². The van der Waals surface area contributed by atoms with Crippen LogP contribution in [-0.2, 0) is 9.59 Å². The number of halogens is 1. The molecule has 1 aromatic rings. The number of pyridine rings is 1. The minimum absolute atomic E-state index is 0. The highest BCUT2D eigenvalue weighted by atomic mass is 127. The van der Waals surface area contributed by atoms with Gasteiger partial charge >= 0.3 is 0 Å². The molecule has 0 fully saturated rings. The Labute approximate surface area is 185 Å². The predicted molar refractivity (Wildman–Crippen MR) is 124 cm³/mol. The van der Waals surface area contributed by atoms with Crippen LogP contribution in [0.2, 0.25) is 0 Å². The van der Waals surface area contributed by atoms with Gasteiger partial charge in [-0.2, -0.15) is 0 Å². The zero-order valence-corrected chi connectivity index (χ0v) is 19.6. The van der Waals surface area contributed by atoms with Crippen LogP contribution >= 0.6 is 24.0 Å². The Kier molecular flexibility index (Phi) is 14.0. The second-order valence-corrected chi connectivity index (χ2v) is 5.97. The van der Waals surface area contributed by atoms with E-state index >= 15 is 0 Å². The molecule has 1 heterocycles. The third-order valence-corrected chi connectivity index (χ3v) is 3.86. The Morgan fingerprint density at radius 1 is 1.11 bits per heavy atom. The van der Waals surface area contributed by atoms with Crippen LogP contribution in [0.3, 0.4) is 0 Å².